The van der Waals surface area contributed by atoms with Gasteiger partial charge in [0, 0.05) is 26.1 Å². The summed E-state index contributed by atoms with van der Waals surface area (Å²) in [5, 5.41) is 0.924. The predicted octanol–water partition coefficient (Wildman–Crippen LogP) is 2.96. The minimum Gasteiger partial charge on any atom is -0.349 e. The van der Waals surface area contributed by atoms with Crippen LogP contribution in [0.1, 0.15) is 12.0 Å². The first-order valence-electron chi connectivity index (χ1n) is 5.60. The van der Waals surface area contributed by atoms with Crippen molar-refractivity contribution < 1.29 is 9.63 Å². The highest BCUT2D eigenvalue weighted by molar-refractivity contribution is 6.42. The van der Waals surface area contributed by atoms with Crippen LogP contribution < -0.4 is 5.48 Å². The van der Waals surface area contributed by atoms with Gasteiger partial charge in [0.15, 0.2) is 0 Å². The molecule has 0 aromatic heterocycles. The molecule has 0 atom stereocenters. The number of carbonyl (C=O) groups excluding carboxylic acids is 1. The Hall–Kier alpha value is -1.23. The van der Waals surface area contributed by atoms with Gasteiger partial charge >= 0.3 is 0 Å². The van der Waals surface area contributed by atoms with E-state index in [0.717, 1.165) is 5.56 Å². The fourth-order valence-electron chi connectivity index (χ4n) is 1.36. The van der Waals surface area contributed by atoms with Gasteiger partial charge in [-0.05, 0) is 18.2 Å². The summed E-state index contributed by atoms with van der Waals surface area (Å²) in [5.74, 6) is -0.00420. The van der Waals surface area contributed by atoms with Crippen molar-refractivity contribution >= 4 is 34.8 Å². The van der Waals surface area contributed by atoms with Gasteiger partial charge in [-0.25, -0.2) is 0 Å². The van der Waals surface area contributed by atoms with Crippen LogP contribution in [-0.2, 0) is 9.63 Å². The zero-order valence-electron chi connectivity index (χ0n) is 11.0. The number of nitrogens with one attached hydrogen (secondary N) is 1. The fraction of sp³-hybridized carbons (Fsp3) is 0.308. The number of hydrogen-bond donors (Lipinski definition) is 1. The summed E-state index contributed by atoms with van der Waals surface area (Å²) in [4.78, 5) is 18.0. The van der Waals surface area contributed by atoms with Gasteiger partial charge in [0.05, 0.1) is 22.9 Å². The number of nitrogens with zero attached hydrogens (tertiary/aromatic N) is 1. The van der Waals surface area contributed by atoms with Crippen LogP contribution in [0.4, 0.5) is 0 Å². The Morgan fingerprint density at radius 3 is 2.58 bits per heavy atom. The molecule has 1 N–H and O–H groups in total. The highest BCUT2D eigenvalue weighted by Gasteiger charge is 2.07. The SMILES string of the molecule is CON/C(=C\CC(=O)N(C)C)c1ccc(Cl)c(Cl)c1. The van der Waals surface area contributed by atoms with Gasteiger partial charge in [-0.15, -0.1) is 0 Å². The van der Waals surface area contributed by atoms with E-state index in [9.17, 15) is 4.79 Å². The summed E-state index contributed by atoms with van der Waals surface area (Å²) in [6.07, 6.45) is 2.00. The second-order valence-corrected chi connectivity index (χ2v) is 4.86. The van der Waals surface area contributed by atoms with Crippen molar-refractivity contribution in [2.24, 2.45) is 0 Å². The summed E-state index contributed by atoms with van der Waals surface area (Å²) >= 11 is 11.8. The Morgan fingerprint density at radius 2 is 2.05 bits per heavy atom. The van der Waals surface area contributed by atoms with E-state index in [-0.39, 0.29) is 12.3 Å². The summed E-state index contributed by atoms with van der Waals surface area (Å²) in [5.41, 5.74) is 4.19. The largest absolute Gasteiger partial charge is 0.349 e. The van der Waals surface area contributed by atoms with Crippen molar-refractivity contribution in [3.05, 3.63) is 39.9 Å². The molecule has 0 saturated heterocycles. The lowest BCUT2D eigenvalue weighted by atomic mass is 10.1. The maximum Gasteiger partial charge on any atom is 0.225 e. The molecular weight excluding hydrogens is 287 g/mol. The molecule has 1 rings (SSSR count). The van der Waals surface area contributed by atoms with Crippen LogP contribution in [0.2, 0.25) is 10.0 Å². The quantitative estimate of drug-likeness (QED) is 0.850. The van der Waals surface area contributed by atoms with Gasteiger partial charge < -0.3 is 4.90 Å². The predicted molar refractivity (Wildman–Crippen MR) is 77.9 cm³/mol. The normalized spacial score (nSPS) is 11.3. The molecular formula is C13H16Cl2N2O2. The molecule has 6 heteroatoms. The molecule has 0 bridgehead atoms. The second kappa shape index (κ2) is 7.38. The van der Waals surface area contributed by atoms with Crippen molar-refractivity contribution in [3.63, 3.8) is 0 Å². The minimum absolute atomic E-state index is 0.00420. The van der Waals surface area contributed by atoms with E-state index in [4.69, 9.17) is 28.0 Å². The van der Waals surface area contributed by atoms with E-state index in [1.54, 1.807) is 38.4 Å². The summed E-state index contributed by atoms with van der Waals surface area (Å²) in [7, 11) is 4.91. The van der Waals surface area contributed by atoms with Crippen LogP contribution in [0, 0.1) is 0 Å². The molecule has 1 amide bonds. The first-order chi connectivity index (χ1) is 8.95. The molecule has 0 aliphatic rings. The molecule has 104 valence electrons. The maximum absolute atomic E-state index is 11.6. The third-order valence-electron chi connectivity index (χ3n) is 2.42. The smallest absolute Gasteiger partial charge is 0.225 e. The number of halogens is 2. The highest BCUT2D eigenvalue weighted by atomic mass is 35.5. The van der Waals surface area contributed by atoms with Crippen LogP contribution in [0.25, 0.3) is 5.70 Å². The van der Waals surface area contributed by atoms with Crippen molar-refractivity contribution in [2.45, 2.75) is 6.42 Å². The lowest BCUT2D eigenvalue weighted by Gasteiger charge is -2.12. The molecule has 0 unspecified atom stereocenters. The number of hydrogen-bond acceptors (Lipinski definition) is 3. The first-order valence-corrected chi connectivity index (χ1v) is 6.36. The van der Waals surface area contributed by atoms with E-state index in [0.29, 0.717) is 15.7 Å². The molecule has 19 heavy (non-hydrogen) atoms. The van der Waals surface area contributed by atoms with Crippen molar-refractivity contribution in [3.8, 4) is 0 Å². The molecule has 0 aliphatic carbocycles. The maximum atomic E-state index is 11.6. The molecule has 0 heterocycles. The summed E-state index contributed by atoms with van der Waals surface area (Å²) in [6.45, 7) is 0. The van der Waals surface area contributed by atoms with Crippen molar-refractivity contribution in [1.29, 1.82) is 0 Å². The standard InChI is InChI=1S/C13H16Cl2N2O2/c1-17(2)13(18)7-6-12(16-19-3)9-4-5-10(14)11(15)8-9/h4-6,8,16H,7H2,1-3H3/b12-6-. The molecule has 1 aromatic carbocycles. The molecule has 0 aliphatic heterocycles. The van der Waals surface area contributed by atoms with Gasteiger partial charge in [-0.2, -0.15) is 0 Å². The van der Waals surface area contributed by atoms with Gasteiger partial charge in [0.1, 0.15) is 0 Å². The Labute approximate surface area is 122 Å². The van der Waals surface area contributed by atoms with E-state index in [1.165, 1.54) is 12.0 Å². The van der Waals surface area contributed by atoms with E-state index >= 15 is 0 Å². The summed E-state index contributed by atoms with van der Waals surface area (Å²) < 4.78 is 0. The number of hydroxylamine groups is 1. The fourth-order valence-corrected chi connectivity index (χ4v) is 1.66. The zero-order chi connectivity index (χ0) is 14.4. The van der Waals surface area contributed by atoms with Crippen LogP contribution in [0.15, 0.2) is 24.3 Å². The molecule has 0 saturated carbocycles. The first kappa shape index (κ1) is 15.8. The highest BCUT2D eigenvalue weighted by Crippen LogP contribution is 2.25. The van der Waals surface area contributed by atoms with Gasteiger partial charge in [0.2, 0.25) is 5.91 Å². The van der Waals surface area contributed by atoms with Crippen molar-refractivity contribution in [1.82, 2.24) is 10.4 Å². The number of rotatable bonds is 5. The van der Waals surface area contributed by atoms with Crippen LogP contribution in [-0.4, -0.2) is 32.0 Å². The minimum atomic E-state index is -0.00420. The Kier molecular flexibility index (Phi) is 6.15. The number of benzene rings is 1. The molecule has 0 spiro atoms. The van der Waals surface area contributed by atoms with E-state index in [2.05, 4.69) is 5.48 Å². The third kappa shape index (κ3) is 4.74. The average molecular weight is 303 g/mol. The van der Waals surface area contributed by atoms with Gasteiger partial charge in [-0.3, -0.25) is 15.1 Å². The second-order valence-electron chi connectivity index (χ2n) is 4.05. The monoisotopic (exact) mass is 302 g/mol. The third-order valence-corrected chi connectivity index (χ3v) is 3.16. The van der Waals surface area contributed by atoms with Crippen LogP contribution >= 0.6 is 23.2 Å². The molecule has 0 fully saturated rings. The number of carbonyl (C=O) groups is 1. The Balaban J connectivity index is 2.96. The zero-order valence-corrected chi connectivity index (χ0v) is 12.5. The van der Waals surface area contributed by atoms with E-state index in [1.807, 2.05) is 0 Å². The molecule has 0 radical (unpaired) electrons. The molecule has 4 nitrogen and oxygen atoms in total. The topological polar surface area (TPSA) is 41.6 Å². The average Bonchev–Trinajstić information content (AvgIpc) is 2.37. The molecule has 1 aromatic rings. The van der Waals surface area contributed by atoms with Crippen LogP contribution in [0.5, 0.6) is 0 Å². The Morgan fingerprint density at radius 1 is 1.37 bits per heavy atom. The van der Waals surface area contributed by atoms with Crippen molar-refractivity contribution in [2.75, 3.05) is 21.2 Å². The van der Waals surface area contributed by atoms with Gasteiger partial charge in [-0.1, -0.05) is 29.3 Å². The summed E-state index contributed by atoms with van der Waals surface area (Å²) in [6, 6.07) is 5.20. The van der Waals surface area contributed by atoms with E-state index < -0.39 is 0 Å². The van der Waals surface area contributed by atoms with Crippen LogP contribution in [0.3, 0.4) is 0 Å². The Bertz CT molecular complexity index is 488. The lowest BCUT2D eigenvalue weighted by Crippen LogP contribution is -2.21. The van der Waals surface area contributed by atoms with Gasteiger partial charge in [0.25, 0.3) is 0 Å². The number of amides is 1. The lowest BCUT2D eigenvalue weighted by molar-refractivity contribution is -0.127.